The van der Waals surface area contributed by atoms with Crippen LogP contribution in [0.3, 0.4) is 0 Å². The Kier molecular flexibility index (Phi) is 3.76. The molecule has 0 spiro atoms. The molecule has 108 valence electrons. The van der Waals surface area contributed by atoms with E-state index in [1.165, 1.54) is 0 Å². The van der Waals surface area contributed by atoms with Crippen molar-refractivity contribution in [2.75, 3.05) is 0 Å². The minimum absolute atomic E-state index is 0.329. The standard InChI is InChI=1S/C16H10BrF3O/c17-10-6-7-12-11(8-10)13(9-4-2-1-3-5-9)15(21-12)14(18)16(19)20/h1-8,14,16H. The predicted octanol–water partition coefficient (Wildman–Crippen LogP) is 6.14. The van der Waals surface area contributed by atoms with Crippen LogP contribution in [0.4, 0.5) is 13.2 Å². The van der Waals surface area contributed by atoms with E-state index in [0.717, 1.165) is 4.47 Å². The van der Waals surface area contributed by atoms with Gasteiger partial charge in [0.25, 0.3) is 6.43 Å². The van der Waals surface area contributed by atoms with Crippen LogP contribution < -0.4 is 0 Å². The van der Waals surface area contributed by atoms with Crippen LogP contribution in [0.1, 0.15) is 11.9 Å². The molecule has 0 N–H and O–H groups in total. The third kappa shape index (κ3) is 2.58. The molecule has 5 heteroatoms. The van der Waals surface area contributed by atoms with Gasteiger partial charge in [-0.25, -0.2) is 13.2 Å². The van der Waals surface area contributed by atoms with E-state index >= 15 is 0 Å². The number of halogens is 4. The fraction of sp³-hybridized carbons (Fsp3) is 0.125. The van der Waals surface area contributed by atoms with Gasteiger partial charge in [0.15, 0.2) is 5.76 Å². The van der Waals surface area contributed by atoms with Gasteiger partial charge in [-0.1, -0.05) is 46.3 Å². The molecule has 0 aliphatic carbocycles. The molecule has 0 fully saturated rings. The monoisotopic (exact) mass is 354 g/mol. The maximum atomic E-state index is 13.9. The molecule has 21 heavy (non-hydrogen) atoms. The van der Waals surface area contributed by atoms with Crippen LogP contribution in [0.25, 0.3) is 22.1 Å². The average Bonchev–Trinajstić information content (AvgIpc) is 2.85. The molecule has 3 aromatic rings. The highest BCUT2D eigenvalue weighted by atomic mass is 79.9. The van der Waals surface area contributed by atoms with Gasteiger partial charge in [-0.05, 0) is 23.8 Å². The predicted molar refractivity (Wildman–Crippen MR) is 79.2 cm³/mol. The van der Waals surface area contributed by atoms with Crippen molar-refractivity contribution in [1.82, 2.24) is 0 Å². The molecular formula is C16H10BrF3O. The Morgan fingerprint density at radius 1 is 0.952 bits per heavy atom. The first-order valence-electron chi connectivity index (χ1n) is 6.27. The summed E-state index contributed by atoms with van der Waals surface area (Å²) in [5.41, 5.74) is 1.41. The zero-order chi connectivity index (χ0) is 15.0. The lowest BCUT2D eigenvalue weighted by Gasteiger charge is -2.07. The number of furan rings is 1. The Bertz CT molecular complexity index is 768. The zero-order valence-electron chi connectivity index (χ0n) is 10.7. The van der Waals surface area contributed by atoms with Crippen molar-refractivity contribution < 1.29 is 17.6 Å². The van der Waals surface area contributed by atoms with Gasteiger partial charge in [-0.2, -0.15) is 0 Å². The summed E-state index contributed by atoms with van der Waals surface area (Å²) in [4.78, 5) is 0. The van der Waals surface area contributed by atoms with E-state index in [4.69, 9.17) is 4.42 Å². The van der Waals surface area contributed by atoms with Crippen molar-refractivity contribution in [3.63, 3.8) is 0 Å². The van der Waals surface area contributed by atoms with Crippen molar-refractivity contribution in [2.24, 2.45) is 0 Å². The third-order valence-electron chi connectivity index (χ3n) is 3.21. The number of rotatable bonds is 3. The van der Waals surface area contributed by atoms with Crippen LogP contribution in [0.15, 0.2) is 57.4 Å². The summed E-state index contributed by atoms with van der Waals surface area (Å²) >= 11 is 3.33. The molecule has 0 bridgehead atoms. The maximum absolute atomic E-state index is 13.9. The summed E-state index contributed by atoms with van der Waals surface area (Å²) in [5, 5.41) is 0.605. The van der Waals surface area contributed by atoms with Crippen molar-refractivity contribution in [3.05, 3.63) is 58.8 Å². The Hall–Kier alpha value is -1.75. The van der Waals surface area contributed by atoms with Crippen molar-refractivity contribution >= 4 is 26.9 Å². The second-order valence-electron chi connectivity index (χ2n) is 4.58. The van der Waals surface area contributed by atoms with Gasteiger partial charge in [-0.15, -0.1) is 0 Å². The SMILES string of the molecule is FC(F)C(F)c1oc2ccc(Br)cc2c1-c1ccccc1. The van der Waals surface area contributed by atoms with E-state index in [1.54, 1.807) is 48.5 Å². The summed E-state index contributed by atoms with van der Waals surface area (Å²) in [7, 11) is 0. The zero-order valence-corrected chi connectivity index (χ0v) is 12.3. The Morgan fingerprint density at radius 2 is 1.67 bits per heavy atom. The summed E-state index contributed by atoms with van der Waals surface area (Å²) in [5.74, 6) is -0.329. The van der Waals surface area contributed by atoms with Crippen LogP contribution in [-0.4, -0.2) is 6.43 Å². The number of hydrogen-bond donors (Lipinski definition) is 0. The van der Waals surface area contributed by atoms with Crippen LogP contribution >= 0.6 is 15.9 Å². The average molecular weight is 355 g/mol. The van der Waals surface area contributed by atoms with Crippen LogP contribution in [-0.2, 0) is 0 Å². The van der Waals surface area contributed by atoms with Gasteiger partial charge in [0.2, 0.25) is 6.17 Å². The second-order valence-corrected chi connectivity index (χ2v) is 5.50. The summed E-state index contributed by atoms with van der Waals surface area (Å²) in [6.07, 6.45) is -5.58. The van der Waals surface area contributed by atoms with Crippen molar-refractivity contribution in [1.29, 1.82) is 0 Å². The minimum Gasteiger partial charge on any atom is -0.457 e. The molecule has 0 radical (unpaired) electrons. The molecular weight excluding hydrogens is 345 g/mol. The highest BCUT2D eigenvalue weighted by Crippen LogP contribution is 2.41. The number of fused-ring (bicyclic) bond motifs is 1. The number of hydrogen-bond acceptors (Lipinski definition) is 1. The molecule has 1 aromatic heterocycles. The van der Waals surface area contributed by atoms with E-state index in [1.807, 2.05) is 0 Å². The van der Waals surface area contributed by atoms with Crippen LogP contribution in [0.2, 0.25) is 0 Å². The second kappa shape index (κ2) is 5.56. The molecule has 0 saturated carbocycles. The molecule has 1 heterocycles. The van der Waals surface area contributed by atoms with Gasteiger partial charge in [0, 0.05) is 15.4 Å². The number of alkyl halides is 3. The summed E-state index contributed by atoms with van der Waals surface area (Å²) in [6.45, 7) is 0. The largest absolute Gasteiger partial charge is 0.457 e. The van der Waals surface area contributed by atoms with Gasteiger partial charge in [-0.3, -0.25) is 0 Å². The Labute approximate surface area is 127 Å². The normalized spacial score (nSPS) is 13.0. The minimum atomic E-state index is -3.13. The van der Waals surface area contributed by atoms with Crippen molar-refractivity contribution in [3.8, 4) is 11.1 Å². The van der Waals surface area contributed by atoms with Gasteiger partial charge in [0.1, 0.15) is 5.58 Å². The fourth-order valence-electron chi connectivity index (χ4n) is 2.30. The van der Waals surface area contributed by atoms with E-state index in [0.29, 0.717) is 22.1 Å². The summed E-state index contributed by atoms with van der Waals surface area (Å²) in [6, 6.07) is 13.9. The molecule has 1 atom stereocenters. The molecule has 1 nitrogen and oxygen atoms in total. The highest BCUT2D eigenvalue weighted by molar-refractivity contribution is 9.10. The molecule has 2 aromatic carbocycles. The lowest BCUT2D eigenvalue weighted by Crippen LogP contribution is -2.03. The lowest BCUT2D eigenvalue weighted by molar-refractivity contribution is 0.0389. The van der Waals surface area contributed by atoms with Crippen LogP contribution in [0.5, 0.6) is 0 Å². The topological polar surface area (TPSA) is 13.1 Å². The van der Waals surface area contributed by atoms with Crippen LogP contribution in [0, 0.1) is 0 Å². The van der Waals surface area contributed by atoms with Gasteiger partial charge in [0.05, 0.1) is 0 Å². The molecule has 0 aliphatic rings. The lowest BCUT2D eigenvalue weighted by atomic mass is 10.0. The highest BCUT2D eigenvalue weighted by Gasteiger charge is 2.30. The first-order valence-corrected chi connectivity index (χ1v) is 7.07. The van der Waals surface area contributed by atoms with E-state index < -0.39 is 12.6 Å². The molecule has 1 unspecified atom stereocenters. The van der Waals surface area contributed by atoms with Crippen molar-refractivity contribution in [2.45, 2.75) is 12.6 Å². The van der Waals surface area contributed by atoms with Gasteiger partial charge >= 0.3 is 0 Å². The third-order valence-corrected chi connectivity index (χ3v) is 3.70. The Morgan fingerprint density at radius 3 is 2.33 bits per heavy atom. The van der Waals surface area contributed by atoms with E-state index in [-0.39, 0.29) is 5.76 Å². The Balaban J connectivity index is 2.32. The molecule has 0 aliphatic heterocycles. The van der Waals surface area contributed by atoms with E-state index in [9.17, 15) is 13.2 Å². The smallest absolute Gasteiger partial charge is 0.276 e. The molecule has 0 amide bonds. The number of benzene rings is 2. The quantitative estimate of drug-likeness (QED) is 0.550. The first kappa shape index (κ1) is 14.2. The van der Waals surface area contributed by atoms with Gasteiger partial charge < -0.3 is 4.42 Å². The summed E-state index contributed by atoms with van der Waals surface area (Å²) < 4.78 is 45.6. The molecule has 0 saturated heterocycles. The first-order chi connectivity index (χ1) is 10.1. The maximum Gasteiger partial charge on any atom is 0.276 e. The van der Waals surface area contributed by atoms with E-state index in [2.05, 4.69) is 15.9 Å². The molecule has 3 rings (SSSR count). The fourth-order valence-corrected chi connectivity index (χ4v) is 2.66.